The van der Waals surface area contributed by atoms with E-state index < -0.39 is 0 Å². The van der Waals surface area contributed by atoms with E-state index in [1.54, 1.807) is 18.5 Å². The Hall–Kier alpha value is -3.29. The fraction of sp³-hybridized carbons (Fsp3) is 0.381. The molecule has 0 radical (unpaired) electrons. The Labute approximate surface area is 169 Å². The van der Waals surface area contributed by atoms with Gasteiger partial charge in [0.2, 0.25) is 5.95 Å². The van der Waals surface area contributed by atoms with E-state index in [2.05, 4.69) is 25.5 Å². The molecule has 0 unspecified atom stereocenters. The molecule has 0 atom stereocenters. The second kappa shape index (κ2) is 7.62. The normalized spacial score (nSPS) is 14.2. The molecule has 1 N–H and O–H groups in total. The second-order valence-electron chi connectivity index (χ2n) is 7.60. The number of amides is 1. The summed E-state index contributed by atoms with van der Waals surface area (Å²) in [6.07, 6.45) is 3.44. The van der Waals surface area contributed by atoms with Crippen molar-refractivity contribution in [1.29, 1.82) is 0 Å². The minimum Gasteiger partial charge on any atom is -0.488 e. The third kappa shape index (κ3) is 3.96. The Balaban J connectivity index is 1.37. The van der Waals surface area contributed by atoms with E-state index >= 15 is 0 Å². The number of anilines is 1. The molecule has 4 rings (SSSR count). The lowest BCUT2D eigenvalue weighted by Crippen LogP contribution is -2.60. The lowest BCUT2D eigenvalue weighted by atomic mass is 10.0. The molecule has 1 aromatic carbocycles. The van der Waals surface area contributed by atoms with Crippen LogP contribution in [0.2, 0.25) is 0 Å². The largest absolute Gasteiger partial charge is 0.488 e. The van der Waals surface area contributed by atoms with Gasteiger partial charge in [-0.2, -0.15) is 10.2 Å². The van der Waals surface area contributed by atoms with Crippen LogP contribution in [-0.4, -0.2) is 51.3 Å². The quantitative estimate of drug-likeness (QED) is 0.713. The van der Waals surface area contributed by atoms with Crippen LogP contribution in [-0.2, 0) is 0 Å². The third-order valence-electron chi connectivity index (χ3n) is 5.00. The molecule has 0 saturated carbocycles. The molecular weight excluding hydrogens is 368 g/mol. The highest BCUT2D eigenvalue weighted by atomic mass is 16.5. The molecule has 0 bridgehead atoms. The van der Waals surface area contributed by atoms with Crippen molar-refractivity contribution >= 4 is 22.8 Å². The fourth-order valence-electron chi connectivity index (χ4n) is 3.27. The van der Waals surface area contributed by atoms with Crippen LogP contribution >= 0.6 is 0 Å². The highest BCUT2D eigenvalue weighted by molar-refractivity contribution is 5.98. The summed E-state index contributed by atoms with van der Waals surface area (Å²) in [5, 5.41) is 12.3. The Bertz CT molecular complexity index is 1040. The molecule has 2 aromatic heterocycles. The van der Waals surface area contributed by atoms with Gasteiger partial charge in [-0.05, 0) is 51.5 Å². The Kier molecular flexibility index (Phi) is 5.00. The Morgan fingerprint density at radius 1 is 1.17 bits per heavy atom. The van der Waals surface area contributed by atoms with Gasteiger partial charge in [0.1, 0.15) is 0 Å². The maximum atomic E-state index is 12.7. The van der Waals surface area contributed by atoms with E-state index in [-0.39, 0.29) is 18.1 Å². The first kappa shape index (κ1) is 19.0. The summed E-state index contributed by atoms with van der Waals surface area (Å²) in [7, 11) is 0. The predicted molar refractivity (Wildman–Crippen MR) is 110 cm³/mol. The number of hydrogen-bond donors (Lipinski definition) is 1. The topological polar surface area (TPSA) is 93.1 Å². The van der Waals surface area contributed by atoms with Gasteiger partial charge in [0.25, 0.3) is 5.91 Å². The summed E-state index contributed by atoms with van der Waals surface area (Å²) in [4.78, 5) is 23.4. The van der Waals surface area contributed by atoms with Gasteiger partial charge in [0.15, 0.2) is 5.75 Å². The number of carbonyl (C=O) groups excluding carboxylic acids is 1. The summed E-state index contributed by atoms with van der Waals surface area (Å²) < 4.78 is 5.56. The molecule has 3 heterocycles. The number of benzene rings is 1. The monoisotopic (exact) mass is 392 g/mol. The van der Waals surface area contributed by atoms with E-state index in [0.29, 0.717) is 30.4 Å². The van der Waals surface area contributed by atoms with E-state index in [1.807, 2.05) is 44.7 Å². The van der Waals surface area contributed by atoms with Crippen LogP contribution < -0.4 is 15.0 Å². The van der Waals surface area contributed by atoms with Crippen LogP contribution in [0.5, 0.6) is 5.75 Å². The van der Waals surface area contributed by atoms with Crippen LogP contribution in [0.15, 0.2) is 30.6 Å². The molecule has 29 heavy (non-hydrogen) atoms. The molecule has 0 spiro atoms. The number of fused-ring (bicyclic) bond motifs is 1. The molecular formula is C21H24N6O2. The molecule has 8 nitrogen and oxygen atoms in total. The minimum atomic E-state index is -0.0907. The molecule has 150 valence electrons. The van der Waals surface area contributed by atoms with E-state index in [4.69, 9.17) is 4.74 Å². The van der Waals surface area contributed by atoms with Crippen LogP contribution in [0, 0.1) is 13.8 Å². The maximum absolute atomic E-state index is 12.7. The second-order valence-corrected chi connectivity index (χ2v) is 7.60. The van der Waals surface area contributed by atoms with Gasteiger partial charge in [-0.25, -0.2) is 9.97 Å². The zero-order valence-corrected chi connectivity index (χ0v) is 17.0. The van der Waals surface area contributed by atoms with Gasteiger partial charge in [0, 0.05) is 24.0 Å². The predicted octanol–water partition coefficient (Wildman–Crippen LogP) is 2.44. The van der Waals surface area contributed by atoms with Gasteiger partial charge in [-0.3, -0.25) is 4.79 Å². The first-order valence-corrected chi connectivity index (χ1v) is 9.69. The van der Waals surface area contributed by atoms with Crippen molar-refractivity contribution in [3.05, 3.63) is 47.4 Å². The number of rotatable bonds is 5. The average molecular weight is 392 g/mol. The van der Waals surface area contributed by atoms with Gasteiger partial charge in [-0.1, -0.05) is 0 Å². The van der Waals surface area contributed by atoms with Gasteiger partial charge in [-0.15, -0.1) is 0 Å². The standard InChI is InChI=1S/C21H24N6O2/c1-12(2)29-17-8-22-21(23-9-17)27-10-16(11-27)24-20(28)15-5-6-19-18(7-15)13(3)14(4)25-26-19/h5-9,12,16H,10-11H2,1-4H3,(H,24,28). The number of nitrogens with one attached hydrogen (secondary N) is 1. The molecule has 8 heteroatoms. The minimum absolute atomic E-state index is 0.0618. The van der Waals surface area contributed by atoms with Crippen molar-refractivity contribution in [2.75, 3.05) is 18.0 Å². The Morgan fingerprint density at radius 3 is 2.59 bits per heavy atom. The summed E-state index contributed by atoms with van der Waals surface area (Å²) in [5.74, 6) is 1.20. The van der Waals surface area contributed by atoms with Crippen LogP contribution in [0.1, 0.15) is 35.5 Å². The average Bonchev–Trinajstić information content (AvgIpc) is 2.67. The highest BCUT2D eigenvalue weighted by Gasteiger charge is 2.30. The van der Waals surface area contributed by atoms with E-state index in [9.17, 15) is 4.79 Å². The zero-order valence-electron chi connectivity index (χ0n) is 17.0. The van der Waals surface area contributed by atoms with E-state index in [0.717, 1.165) is 22.2 Å². The van der Waals surface area contributed by atoms with Crippen molar-refractivity contribution in [3.63, 3.8) is 0 Å². The number of aryl methyl sites for hydroxylation is 2. The number of hydrogen-bond acceptors (Lipinski definition) is 7. The molecule has 1 fully saturated rings. The number of carbonyl (C=O) groups is 1. The highest BCUT2D eigenvalue weighted by Crippen LogP contribution is 2.21. The van der Waals surface area contributed by atoms with Crippen molar-refractivity contribution in [2.24, 2.45) is 0 Å². The number of ether oxygens (including phenoxy) is 1. The third-order valence-corrected chi connectivity index (χ3v) is 5.00. The van der Waals surface area contributed by atoms with E-state index in [1.165, 1.54) is 0 Å². The number of nitrogens with zero attached hydrogens (tertiary/aromatic N) is 5. The lowest BCUT2D eigenvalue weighted by Gasteiger charge is -2.39. The van der Waals surface area contributed by atoms with Crippen LogP contribution in [0.25, 0.3) is 10.9 Å². The van der Waals surface area contributed by atoms with Crippen molar-refractivity contribution < 1.29 is 9.53 Å². The zero-order chi connectivity index (χ0) is 20.5. The molecule has 0 aliphatic carbocycles. The maximum Gasteiger partial charge on any atom is 0.251 e. The first-order chi connectivity index (χ1) is 13.9. The smallest absolute Gasteiger partial charge is 0.251 e. The fourth-order valence-corrected chi connectivity index (χ4v) is 3.27. The summed E-state index contributed by atoms with van der Waals surface area (Å²) >= 11 is 0. The molecule has 3 aromatic rings. The van der Waals surface area contributed by atoms with Crippen molar-refractivity contribution in [2.45, 2.75) is 39.8 Å². The summed E-state index contributed by atoms with van der Waals surface area (Å²) in [5.41, 5.74) is 3.33. The first-order valence-electron chi connectivity index (χ1n) is 9.69. The Morgan fingerprint density at radius 2 is 1.90 bits per heavy atom. The van der Waals surface area contributed by atoms with Gasteiger partial charge < -0.3 is 15.0 Å². The SMILES string of the molecule is Cc1nnc2ccc(C(=O)NC3CN(c4ncc(OC(C)C)cn4)C3)cc2c1C. The molecule has 1 aliphatic heterocycles. The van der Waals surface area contributed by atoms with Crippen molar-refractivity contribution in [1.82, 2.24) is 25.5 Å². The number of aromatic nitrogens is 4. The molecule has 1 aliphatic rings. The van der Waals surface area contributed by atoms with Gasteiger partial charge >= 0.3 is 0 Å². The molecule has 1 amide bonds. The van der Waals surface area contributed by atoms with Crippen molar-refractivity contribution in [3.8, 4) is 5.75 Å². The summed E-state index contributed by atoms with van der Waals surface area (Å²) in [6.45, 7) is 9.18. The van der Waals surface area contributed by atoms with Gasteiger partial charge in [0.05, 0.1) is 35.8 Å². The van der Waals surface area contributed by atoms with Crippen LogP contribution in [0.3, 0.4) is 0 Å². The lowest BCUT2D eigenvalue weighted by molar-refractivity contribution is 0.0930. The van der Waals surface area contributed by atoms with Crippen LogP contribution in [0.4, 0.5) is 5.95 Å². The summed E-state index contributed by atoms with van der Waals surface area (Å²) in [6, 6.07) is 5.57. The molecule has 1 saturated heterocycles.